The van der Waals surface area contributed by atoms with E-state index < -0.39 is 11.7 Å². The summed E-state index contributed by atoms with van der Waals surface area (Å²) in [5.41, 5.74) is 2.07. The van der Waals surface area contributed by atoms with E-state index in [1.807, 2.05) is 60.7 Å². The van der Waals surface area contributed by atoms with Crippen molar-refractivity contribution >= 4 is 6.29 Å². The van der Waals surface area contributed by atoms with Crippen LogP contribution in [0.25, 0.3) is 0 Å². The molecule has 3 aromatic rings. The van der Waals surface area contributed by atoms with E-state index in [-0.39, 0.29) is 6.10 Å². The topological polar surface area (TPSA) is 44.8 Å². The number of hydrogen-bond donors (Lipinski definition) is 0. The van der Waals surface area contributed by atoms with Crippen LogP contribution in [0.2, 0.25) is 0 Å². The summed E-state index contributed by atoms with van der Waals surface area (Å²) in [6, 6.07) is 28.1. The molecule has 0 aromatic heterocycles. The van der Waals surface area contributed by atoms with Gasteiger partial charge in [-0.3, -0.25) is 0 Å². The quantitative estimate of drug-likeness (QED) is 0.446. The second-order valence-electron chi connectivity index (χ2n) is 7.06. The van der Waals surface area contributed by atoms with E-state index >= 15 is 0 Å². The Balaban J connectivity index is 1.92. The third-order valence-corrected chi connectivity index (χ3v) is 5.40. The number of hydrogen-bond acceptors (Lipinski definition) is 4. The van der Waals surface area contributed by atoms with E-state index in [0.717, 1.165) is 28.7 Å². The van der Waals surface area contributed by atoms with Crippen LogP contribution in [0.4, 0.5) is 0 Å². The number of methoxy groups -OCH3 is 1. The minimum absolute atomic E-state index is 0.338. The Kier molecular flexibility index (Phi) is 5.74. The van der Waals surface area contributed by atoms with E-state index in [1.54, 1.807) is 7.11 Å². The summed E-state index contributed by atoms with van der Waals surface area (Å²) in [5, 5.41) is 0. The van der Waals surface area contributed by atoms with Crippen molar-refractivity contribution in [2.24, 2.45) is 0 Å². The van der Waals surface area contributed by atoms with Crippen LogP contribution in [-0.2, 0) is 19.9 Å². The van der Waals surface area contributed by atoms with Crippen LogP contribution >= 0.6 is 0 Å². The van der Waals surface area contributed by atoms with Crippen molar-refractivity contribution in [3.8, 4) is 5.75 Å². The SMILES string of the molecule is COc1ccc(C(OC2CCOC2C=O)(c2ccccc2)c2ccccc2)cc1. The van der Waals surface area contributed by atoms with Crippen LogP contribution in [0.1, 0.15) is 23.1 Å². The number of carbonyl (C=O) groups is 1. The van der Waals surface area contributed by atoms with Gasteiger partial charge in [-0.15, -0.1) is 0 Å². The molecule has 0 aliphatic carbocycles. The zero-order valence-corrected chi connectivity index (χ0v) is 16.4. The predicted molar refractivity (Wildman–Crippen MR) is 111 cm³/mol. The molecule has 1 heterocycles. The Bertz CT molecular complexity index is 883. The summed E-state index contributed by atoms with van der Waals surface area (Å²) in [7, 11) is 1.65. The van der Waals surface area contributed by atoms with Gasteiger partial charge in [-0.2, -0.15) is 0 Å². The zero-order valence-electron chi connectivity index (χ0n) is 16.4. The molecule has 1 aliphatic heterocycles. The molecular weight excluding hydrogens is 364 g/mol. The monoisotopic (exact) mass is 388 g/mol. The molecule has 29 heavy (non-hydrogen) atoms. The van der Waals surface area contributed by atoms with Crippen LogP contribution in [0.15, 0.2) is 84.9 Å². The standard InChI is InChI=1S/C25H24O4/c1-27-22-14-12-21(13-15-22)25(19-8-4-2-5-9-19,20-10-6-3-7-11-20)29-23-16-17-28-24(23)18-26/h2-15,18,23-24H,16-17H2,1H3. The summed E-state index contributed by atoms with van der Waals surface area (Å²) in [6.07, 6.45) is 0.600. The highest BCUT2D eigenvalue weighted by molar-refractivity contribution is 5.58. The molecule has 3 aromatic carbocycles. The van der Waals surface area contributed by atoms with Crippen molar-refractivity contribution in [2.75, 3.05) is 13.7 Å². The number of carbonyl (C=O) groups excluding carboxylic acids is 1. The van der Waals surface area contributed by atoms with Crippen LogP contribution in [0, 0.1) is 0 Å². The highest BCUT2D eigenvalue weighted by Crippen LogP contribution is 2.43. The number of benzene rings is 3. The minimum atomic E-state index is -0.881. The highest BCUT2D eigenvalue weighted by atomic mass is 16.6. The lowest BCUT2D eigenvalue weighted by Crippen LogP contribution is -2.40. The molecule has 148 valence electrons. The summed E-state index contributed by atoms with van der Waals surface area (Å²) < 4.78 is 17.8. The molecule has 2 unspecified atom stereocenters. The van der Waals surface area contributed by atoms with Gasteiger partial charge in [0.05, 0.1) is 19.8 Å². The smallest absolute Gasteiger partial charge is 0.151 e. The molecule has 0 saturated carbocycles. The predicted octanol–water partition coefficient (Wildman–Crippen LogP) is 4.36. The molecule has 0 bridgehead atoms. The van der Waals surface area contributed by atoms with Gasteiger partial charge >= 0.3 is 0 Å². The van der Waals surface area contributed by atoms with Crippen LogP contribution in [0.3, 0.4) is 0 Å². The molecule has 0 radical (unpaired) electrons. The molecule has 1 fully saturated rings. The van der Waals surface area contributed by atoms with Gasteiger partial charge in [0.1, 0.15) is 17.5 Å². The van der Waals surface area contributed by atoms with E-state index in [1.165, 1.54) is 0 Å². The first-order valence-corrected chi connectivity index (χ1v) is 9.78. The lowest BCUT2D eigenvalue weighted by atomic mass is 9.79. The summed E-state index contributed by atoms with van der Waals surface area (Å²) in [6.45, 7) is 0.510. The van der Waals surface area contributed by atoms with Crippen molar-refractivity contribution in [3.63, 3.8) is 0 Å². The van der Waals surface area contributed by atoms with Gasteiger partial charge < -0.3 is 19.0 Å². The van der Waals surface area contributed by atoms with E-state index in [9.17, 15) is 4.79 Å². The maximum Gasteiger partial charge on any atom is 0.151 e. The normalized spacial score (nSPS) is 19.1. The Hall–Kier alpha value is -2.95. The second kappa shape index (κ2) is 8.60. The van der Waals surface area contributed by atoms with E-state index in [4.69, 9.17) is 14.2 Å². The number of rotatable bonds is 7. The maximum atomic E-state index is 11.6. The van der Waals surface area contributed by atoms with Crippen molar-refractivity contribution < 1.29 is 19.0 Å². The summed E-state index contributed by atoms with van der Waals surface area (Å²) in [5.74, 6) is 0.777. The molecule has 0 amide bonds. The third-order valence-electron chi connectivity index (χ3n) is 5.40. The average molecular weight is 388 g/mol. The first kappa shape index (κ1) is 19.4. The molecule has 0 spiro atoms. The van der Waals surface area contributed by atoms with Crippen molar-refractivity contribution in [1.82, 2.24) is 0 Å². The van der Waals surface area contributed by atoms with Gasteiger partial charge in [0.2, 0.25) is 0 Å². The Morgan fingerprint density at radius 2 is 1.41 bits per heavy atom. The Morgan fingerprint density at radius 1 is 0.862 bits per heavy atom. The third kappa shape index (κ3) is 3.69. The lowest BCUT2D eigenvalue weighted by molar-refractivity contribution is -0.126. The van der Waals surface area contributed by atoms with Gasteiger partial charge in [0, 0.05) is 6.42 Å². The molecule has 0 N–H and O–H groups in total. The van der Waals surface area contributed by atoms with E-state index in [2.05, 4.69) is 24.3 Å². The van der Waals surface area contributed by atoms with Crippen LogP contribution in [0.5, 0.6) is 5.75 Å². The van der Waals surface area contributed by atoms with E-state index in [0.29, 0.717) is 13.0 Å². The van der Waals surface area contributed by atoms with Crippen LogP contribution in [-0.4, -0.2) is 32.2 Å². The molecule has 4 rings (SSSR count). The number of ether oxygens (including phenoxy) is 3. The number of aldehydes is 1. The fourth-order valence-corrected chi connectivity index (χ4v) is 3.95. The Morgan fingerprint density at radius 3 is 1.93 bits per heavy atom. The molecule has 2 atom stereocenters. The molecule has 4 nitrogen and oxygen atoms in total. The summed E-state index contributed by atoms with van der Waals surface area (Å²) >= 11 is 0. The maximum absolute atomic E-state index is 11.6. The lowest BCUT2D eigenvalue weighted by Gasteiger charge is -2.38. The summed E-state index contributed by atoms with van der Waals surface area (Å²) in [4.78, 5) is 11.6. The first-order chi connectivity index (χ1) is 14.3. The zero-order chi connectivity index (χ0) is 20.1. The van der Waals surface area contributed by atoms with Crippen LogP contribution < -0.4 is 4.74 Å². The molecule has 1 saturated heterocycles. The Labute approximate surface area is 171 Å². The van der Waals surface area contributed by atoms with Crippen molar-refractivity contribution in [1.29, 1.82) is 0 Å². The van der Waals surface area contributed by atoms with Gasteiger partial charge in [0.25, 0.3) is 0 Å². The van der Waals surface area contributed by atoms with Crippen molar-refractivity contribution in [3.05, 3.63) is 102 Å². The van der Waals surface area contributed by atoms with Gasteiger partial charge in [0.15, 0.2) is 6.29 Å². The fraction of sp³-hybridized carbons (Fsp3) is 0.240. The minimum Gasteiger partial charge on any atom is -0.497 e. The van der Waals surface area contributed by atoms with Crippen molar-refractivity contribution in [2.45, 2.75) is 24.2 Å². The molecule has 4 heteroatoms. The largest absolute Gasteiger partial charge is 0.497 e. The molecule has 1 aliphatic rings. The highest BCUT2D eigenvalue weighted by Gasteiger charge is 2.43. The molecular formula is C25H24O4. The second-order valence-corrected chi connectivity index (χ2v) is 7.06. The average Bonchev–Trinajstić information content (AvgIpc) is 3.26. The first-order valence-electron chi connectivity index (χ1n) is 9.78. The van der Waals surface area contributed by atoms with Gasteiger partial charge in [-0.05, 0) is 28.8 Å². The van der Waals surface area contributed by atoms with Gasteiger partial charge in [-0.1, -0.05) is 72.8 Å². The van der Waals surface area contributed by atoms with Gasteiger partial charge in [-0.25, -0.2) is 0 Å². The fourth-order valence-electron chi connectivity index (χ4n) is 3.95.